The smallest absolute Gasteiger partial charge is 0.230 e. The van der Waals surface area contributed by atoms with Crippen LogP contribution in [-0.4, -0.2) is 38.7 Å². The maximum Gasteiger partial charge on any atom is 0.230 e. The second kappa shape index (κ2) is 8.58. The summed E-state index contributed by atoms with van der Waals surface area (Å²) in [6.45, 7) is 2.69. The summed E-state index contributed by atoms with van der Waals surface area (Å²) in [7, 11) is 0. The fourth-order valence-electron chi connectivity index (χ4n) is 2.39. The lowest BCUT2D eigenvalue weighted by Crippen LogP contribution is -2.26. The van der Waals surface area contributed by atoms with Gasteiger partial charge < -0.3 is 9.88 Å². The summed E-state index contributed by atoms with van der Waals surface area (Å²) in [6, 6.07) is 10.9. The summed E-state index contributed by atoms with van der Waals surface area (Å²) in [5, 5.41) is 12.2. The molecule has 1 aromatic heterocycles. The third-order valence-electron chi connectivity index (χ3n) is 3.73. The minimum absolute atomic E-state index is 0.0627. The molecule has 0 spiro atoms. The van der Waals surface area contributed by atoms with E-state index in [9.17, 15) is 4.79 Å². The van der Waals surface area contributed by atoms with Gasteiger partial charge in [0.25, 0.3) is 0 Å². The summed E-state index contributed by atoms with van der Waals surface area (Å²) in [5.41, 5.74) is 0. The van der Waals surface area contributed by atoms with Gasteiger partial charge in [-0.1, -0.05) is 30.0 Å². The van der Waals surface area contributed by atoms with Crippen molar-refractivity contribution in [1.82, 2.24) is 20.1 Å². The number of hydrogen-bond acceptors (Lipinski definition) is 5. The fraction of sp³-hybridized carbons (Fsp3) is 0.471. The van der Waals surface area contributed by atoms with Crippen molar-refractivity contribution in [2.45, 2.75) is 42.3 Å². The maximum absolute atomic E-state index is 12.0. The van der Waals surface area contributed by atoms with Crippen LogP contribution in [0.3, 0.4) is 0 Å². The summed E-state index contributed by atoms with van der Waals surface area (Å²) in [4.78, 5) is 13.2. The van der Waals surface area contributed by atoms with Gasteiger partial charge in [-0.2, -0.15) is 0 Å². The molecule has 0 aliphatic heterocycles. The van der Waals surface area contributed by atoms with Gasteiger partial charge in [0, 0.05) is 17.5 Å². The SMILES string of the molecule is Cc1nnc(SCC(=O)NCCCSc2ccccc2)n1C1CC1. The molecule has 0 atom stereocenters. The number of thioether (sulfide) groups is 2. The molecule has 1 heterocycles. The second-order valence-corrected chi connectivity index (χ2v) is 7.90. The third-order valence-corrected chi connectivity index (χ3v) is 5.78. The summed E-state index contributed by atoms with van der Waals surface area (Å²) >= 11 is 3.30. The Labute approximate surface area is 151 Å². The van der Waals surface area contributed by atoms with E-state index < -0.39 is 0 Å². The molecular weight excluding hydrogens is 340 g/mol. The molecule has 7 heteroatoms. The highest BCUT2D eigenvalue weighted by molar-refractivity contribution is 7.99. The predicted molar refractivity (Wildman–Crippen MR) is 98.5 cm³/mol. The Hall–Kier alpha value is -1.47. The molecular formula is C17H22N4OS2. The molecule has 1 fully saturated rings. The highest BCUT2D eigenvalue weighted by atomic mass is 32.2. The minimum atomic E-state index is 0.0627. The first-order valence-corrected chi connectivity index (χ1v) is 10.2. The van der Waals surface area contributed by atoms with Crippen LogP contribution >= 0.6 is 23.5 Å². The van der Waals surface area contributed by atoms with Crippen molar-refractivity contribution in [3.05, 3.63) is 36.2 Å². The van der Waals surface area contributed by atoms with Crippen LogP contribution < -0.4 is 5.32 Å². The molecule has 0 unspecified atom stereocenters. The van der Waals surface area contributed by atoms with Crippen LogP contribution in [0.4, 0.5) is 0 Å². The Balaban J connectivity index is 1.32. The van der Waals surface area contributed by atoms with Crippen LogP contribution in [0.5, 0.6) is 0 Å². The van der Waals surface area contributed by atoms with E-state index in [0.717, 1.165) is 23.2 Å². The molecule has 2 aromatic rings. The highest BCUT2D eigenvalue weighted by Crippen LogP contribution is 2.38. The van der Waals surface area contributed by atoms with E-state index in [1.165, 1.54) is 29.5 Å². The Morgan fingerprint density at radius 3 is 2.79 bits per heavy atom. The van der Waals surface area contributed by atoms with E-state index in [0.29, 0.717) is 18.3 Å². The van der Waals surface area contributed by atoms with E-state index in [1.807, 2.05) is 36.9 Å². The maximum atomic E-state index is 12.0. The van der Waals surface area contributed by atoms with Crippen LogP contribution in [-0.2, 0) is 4.79 Å². The lowest BCUT2D eigenvalue weighted by molar-refractivity contribution is -0.118. The summed E-state index contributed by atoms with van der Waals surface area (Å²) in [5.74, 6) is 2.41. The number of hydrogen-bond donors (Lipinski definition) is 1. The lowest BCUT2D eigenvalue weighted by Gasteiger charge is -2.07. The van der Waals surface area contributed by atoms with E-state index in [1.54, 1.807) is 0 Å². The quantitative estimate of drug-likeness (QED) is 0.548. The van der Waals surface area contributed by atoms with Crippen molar-refractivity contribution in [3.63, 3.8) is 0 Å². The van der Waals surface area contributed by atoms with Gasteiger partial charge in [0.15, 0.2) is 5.16 Å². The van der Waals surface area contributed by atoms with Crippen LogP contribution in [0.2, 0.25) is 0 Å². The third kappa shape index (κ3) is 5.01. The zero-order chi connectivity index (χ0) is 16.8. The minimum Gasteiger partial charge on any atom is -0.355 e. The van der Waals surface area contributed by atoms with E-state index in [-0.39, 0.29) is 5.91 Å². The van der Waals surface area contributed by atoms with Crippen molar-refractivity contribution in [3.8, 4) is 0 Å². The highest BCUT2D eigenvalue weighted by Gasteiger charge is 2.28. The van der Waals surface area contributed by atoms with Crippen molar-refractivity contribution >= 4 is 29.4 Å². The van der Waals surface area contributed by atoms with E-state index in [4.69, 9.17) is 0 Å². The number of carbonyl (C=O) groups is 1. The van der Waals surface area contributed by atoms with E-state index in [2.05, 4.69) is 32.2 Å². The largest absolute Gasteiger partial charge is 0.355 e. The fourth-order valence-corrected chi connectivity index (χ4v) is 4.14. The van der Waals surface area contributed by atoms with Crippen LogP contribution in [0.15, 0.2) is 40.4 Å². The Morgan fingerprint density at radius 2 is 2.04 bits per heavy atom. The van der Waals surface area contributed by atoms with Gasteiger partial charge in [0.1, 0.15) is 5.82 Å². The first-order valence-electron chi connectivity index (χ1n) is 8.23. The average Bonchev–Trinajstić information content (AvgIpc) is 3.36. The van der Waals surface area contributed by atoms with Gasteiger partial charge in [-0.15, -0.1) is 22.0 Å². The van der Waals surface area contributed by atoms with Crippen molar-refractivity contribution in [1.29, 1.82) is 0 Å². The number of aromatic nitrogens is 3. The van der Waals surface area contributed by atoms with Crippen LogP contribution in [0.1, 0.15) is 31.1 Å². The van der Waals surface area contributed by atoms with Gasteiger partial charge >= 0.3 is 0 Å². The second-order valence-electron chi connectivity index (χ2n) is 5.78. The Bertz CT molecular complexity index is 670. The number of aryl methyl sites for hydroxylation is 1. The van der Waals surface area contributed by atoms with Crippen molar-refractivity contribution in [2.24, 2.45) is 0 Å². The Kier molecular flexibility index (Phi) is 6.20. The van der Waals surface area contributed by atoms with Crippen LogP contribution in [0, 0.1) is 6.92 Å². The molecule has 0 radical (unpaired) electrons. The molecule has 1 saturated carbocycles. The molecule has 128 valence electrons. The Morgan fingerprint density at radius 1 is 1.25 bits per heavy atom. The van der Waals surface area contributed by atoms with Gasteiger partial charge in [0.2, 0.25) is 5.91 Å². The standard InChI is InChI=1S/C17H22N4OS2/c1-13-19-20-17(21(13)14-8-9-14)24-12-16(22)18-10-5-11-23-15-6-3-2-4-7-15/h2-4,6-7,14H,5,8-12H2,1H3,(H,18,22). The molecule has 24 heavy (non-hydrogen) atoms. The molecule has 1 aromatic carbocycles. The number of benzene rings is 1. The molecule has 3 rings (SSSR count). The predicted octanol–water partition coefficient (Wildman–Crippen LogP) is 3.31. The number of rotatable bonds is 9. The first-order chi connectivity index (χ1) is 11.7. The summed E-state index contributed by atoms with van der Waals surface area (Å²) in [6.07, 6.45) is 3.35. The molecule has 1 aliphatic carbocycles. The number of amides is 1. The van der Waals surface area contributed by atoms with Gasteiger partial charge in [-0.25, -0.2) is 0 Å². The normalized spacial score (nSPS) is 13.9. The van der Waals surface area contributed by atoms with Crippen molar-refractivity contribution in [2.75, 3.05) is 18.1 Å². The average molecular weight is 363 g/mol. The van der Waals surface area contributed by atoms with Gasteiger partial charge in [-0.3, -0.25) is 4.79 Å². The first kappa shape index (κ1) is 17.4. The number of nitrogens with one attached hydrogen (secondary N) is 1. The molecule has 1 aliphatic rings. The molecule has 0 bridgehead atoms. The zero-order valence-corrected chi connectivity index (χ0v) is 15.4. The monoisotopic (exact) mass is 362 g/mol. The number of nitrogens with zero attached hydrogens (tertiary/aromatic N) is 3. The lowest BCUT2D eigenvalue weighted by atomic mass is 10.4. The molecule has 1 N–H and O–H groups in total. The van der Waals surface area contributed by atoms with Crippen molar-refractivity contribution < 1.29 is 4.79 Å². The topological polar surface area (TPSA) is 59.8 Å². The van der Waals surface area contributed by atoms with Gasteiger partial charge in [0.05, 0.1) is 5.75 Å². The van der Waals surface area contributed by atoms with E-state index >= 15 is 0 Å². The molecule has 5 nitrogen and oxygen atoms in total. The number of carbonyl (C=O) groups excluding carboxylic acids is 1. The zero-order valence-electron chi connectivity index (χ0n) is 13.8. The molecule has 0 saturated heterocycles. The van der Waals surface area contributed by atoms with Crippen LogP contribution in [0.25, 0.3) is 0 Å². The van der Waals surface area contributed by atoms with Gasteiger partial charge in [-0.05, 0) is 44.1 Å². The summed E-state index contributed by atoms with van der Waals surface area (Å²) < 4.78 is 2.16. The molecule has 1 amide bonds.